The Labute approximate surface area is 192 Å². The number of amides is 3. The van der Waals surface area contributed by atoms with Crippen molar-refractivity contribution in [1.82, 2.24) is 4.90 Å². The van der Waals surface area contributed by atoms with Crippen molar-refractivity contribution in [3.8, 4) is 0 Å². The van der Waals surface area contributed by atoms with Crippen LogP contribution in [0.5, 0.6) is 0 Å². The summed E-state index contributed by atoms with van der Waals surface area (Å²) in [6.07, 6.45) is -3.14. The topological polar surface area (TPSA) is 91.7 Å². The number of benzene rings is 2. The summed E-state index contributed by atoms with van der Waals surface area (Å²) in [5, 5.41) is 5.38. The number of furan rings is 1. The van der Waals surface area contributed by atoms with E-state index in [1.54, 1.807) is 30.3 Å². The Balaban J connectivity index is 1.36. The van der Waals surface area contributed by atoms with Crippen LogP contribution in [0, 0.1) is 5.92 Å². The summed E-state index contributed by atoms with van der Waals surface area (Å²) in [5.74, 6) is -1.66. The Hall–Kier alpha value is -4.08. The standard InChI is InChI=1S/C24H20F3N3O4/c25-24(26,27)17-5-1-4-15(10-17)13-30-14-16(11-21(30)31)22(32)28-18-6-2-7-19(12-18)29-23(33)20-8-3-9-34-20/h1-10,12,16H,11,13-14H2,(H,28,32)(H,29,33). The third-order valence-corrected chi connectivity index (χ3v) is 5.35. The van der Waals surface area contributed by atoms with Crippen LogP contribution in [0.25, 0.3) is 0 Å². The molecule has 2 heterocycles. The summed E-state index contributed by atoms with van der Waals surface area (Å²) in [6.45, 7) is 0.0800. The van der Waals surface area contributed by atoms with Crippen LogP contribution >= 0.6 is 0 Å². The van der Waals surface area contributed by atoms with Crippen LogP contribution in [0.15, 0.2) is 71.3 Å². The van der Waals surface area contributed by atoms with Crippen molar-refractivity contribution in [3.63, 3.8) is 0 Å². The van der Waals surface area contributed by atoms with Crippen molar-refractivity contribution in [1.29, 1.82) is 0 Å². The lowest BCUT2D eigenvalue weighted by Crippen LogP contribution is -2.28. The van der Waals surface area contributed by atoms with Crippen LogP contribution < -0.4 is 10.6 Å². The van der Waals surface area contributed by atoms with Crippen molar-refractivity contribution >= 4 is 29.1 Å². The Morgan fingerprint density at radius 1 is 1.00 bits per heavy atom. The minimum absolute atomic E-state index is 0.0131. The molecule has 1 fully saturated rings. The van der Waals surface area contributed by atoms with Gasteiger partial charge in [-0.05, 0) is 48.0 Å². The minimum Gasteiger partial charge on any atom is -0.459 e. The minimum atomic E-state index is -4.47. The zero-order chi connectivity index (χ0) is 24.3. The molecule has 0 radical (unpaired) electrons. The van der Waals surface area contributed by atoms with E-state index in [0.29, 0.717) is 16.9 Å². The molecule has 1 aliphatic heterocycles. The molecule has 0 bridgehead atoms. The zero-order valence-electron chi connectivity index (χ0n) is 17.8. The van der Waals surface area contributed by atoms with Gasteiger partial charge in [-0.25, -0.2) is 0 Å². The number of nitrogens with one attached hydrogen (secondary N) is 2. The van der Waals surface area contributed by atoms with Gasteiger partial charge in [-0.2, -0.15) is 13.2 Å². The number of hydrogen-bond donors (Lipinski definition) is 2. The van der Waals surface area contributed by atoms with Crippen LogP contribution in [-0.4, -0.2) is 29.2 Å². The number of carbonyl (C=O) groups is 3. The number of rotatable bonds is 6. The highest BCUT2D eigenvalue weighted by Crippen LogP contribution is 2.30. The van der Waals surface area contributed by atoms with E-state index in [1.807, 2.05) is 0 Å². The molecule has 3 amide bonds. The lowest BCUT2D eigenvalue weighted by Gasteiger charge is -2.18. The number of anilines is 2. The van der Waals surface area contributed by atoms with Gasteiger partial charge in [0.2, 0.25) is 11.8 Å². The van der Waals surface area contributed by atoms with Crippen LogP contribution in [0.4, 0.5) is 24.5 Å². The molecular formula is C24H20F3N3O4. The number of halogens is 3. The van der Waals surface area contributed by atoms with Crippen LogP contribution in [-0.2, 0) is 22.3 Å². The van der Waals surface area contributed by atoms with E-state index >= 15 is 0 Å². The molecular weight excluding hydrogens is 451 g/mol. The highest BCUT2D eigenvalue weighted by molar-refractivity contribution is 6.03. The average molecular weight is 471 g/mol. The molecule has 34 heavy (non-hydrogen) atoms. The first-order chi connectivity index (χ1) is 16.2. The van der Waals surface area contributed by atoms with E-state index in [0.717, 1.165) is 12.1 Å². The molecule has 1 aromatic heterocycles. The Kier molecular flexibility index (Phi) is 6.40. The van der Waals surface area contributed by atoms with Gasteiger partial charge < -0.3 is 20.0 Å². The summed E-state index contributed by atoms with van der Waals surface area (Å²) >= 11 is 0. The van der Waals surface area contributed by atoms with Crippen LogP contribution in [0.1, 0.15) is 28.1 Å². The summed E-state index contributed by atoms with van der Waals surface area (Å²) < 4.78 is 43.9. The number of carbonyl (C=O) groups excluding carboxylic acids is 3. The number of hydrogen-bond acceptors (Lipinski definition) is 4. The molecule has 3 aromatic rings. The van der Waals surface area contributed by atoms with Crippen molar-refractivity contribution in [2.75, 3.05) is 17.2 Å². The Bertz CT molecular complexity index is 1210. The molecule has 1 atom stereocenters. The van der Waals surface area contributed by atoms with E-state index in [1.165, 1.54) is 29.4 Å². The van der Waals surface area contributed by atoms with E-state index in [2.05, 4.69) is 10.6 Å². The second-order valence-electron chi connectivity index (χ2n) is 7.87. The normalized spacial score (nSPS) is 15.9. The van der Waals surface area contributed by atoms with Crippen LogP contribution in [0.2, 0.25) is 0 Å². The predicted molar refractivity (Wildman–Crippen MR) is 117 cm³/mol. The maximum atomic E-state index is 12.9. The molecule has 2 aromatic carbocycles. The zero-order valence-corrected chi connectivity index (χ0v) is 17.8. The highest BCUT2D eigenvalue weighted by atomic mass is 19.4. The summed E-state index contributed by atoms with van der Waals surface area (Å²) in [6, 6.07) is 14.4. The van der Waals surface area contributed by atoms with Crippen molar-refractivity contribution in [3.05, 3.63) is 83.8 Å². The van der Waals surface area contributed by atoms with Gasteiger partial charge >= 0.3 is 6.18 Å². The first-order valence-electron chi connectivity index (χ1n) is 10.4. The maximum Gasteiger partial charge on any atom is 0.416 e. The molecule has 4 rings (SSSR count). The molecule has 1 saturated heterocycles. The smallest absolute Gasteiger partial charge is 0.416 e. The van der Waals surface area contributed by atoms with Gasteiger partial charge in [-0.15, -0.1) is 0 Å². The van der Waals surface area contributed by atoms with E-state index in [4.69, 9.17) is 4.42 Å². The number of alkyl halides is 3. The fourth-order valence-electron chi connectivity index (χ4n) is 3.69. The van der Waals surface area contributed by atoms with Crippen molar-refractivity contribution < 1.29 is 32.0 Å². The first kappa shape index (κ1) is 23.1. The lowest BCUT2D eigenvalue weighted by molar-refractivity contribution is -0.137. The second-order valence-corrected chi connectivity index (χ2v) is 7.87. The fraction of sp³-hybridized carbons (Fsp3) is 0.208. The Morgan fingerprint density at radius 2 is 1.74 bits per heavy atom. The van der Waals surface area contributed by atoms with Gasteiger partial charge in [0.1, 0.15) is 0 Å². The summed E-state index contributed by atoms with van der Waals surface area (Å²) in [4.78, 5) is 38.6. The van der Waals surface area contributed by atoms with Gasteiger partial charge in [0.15, 0.2) is 5.76 Å². The highest BCUT2D eigenvalue weighted by Gasteiger charge is 2.35. The predicted octanol–water partition coefficient (Wildman–Crippen LogP) is 4.54. The van der Waals surface area contributed by atoms with Crippen molar-refractivity contribution in [2.24, 2.45) is 5.92 Å². The molecule has 1 unspecified atom stereocenters. The van der Waals surface area contributed by atoms with Gasteiger partial charge in [-0.3, -0.25) is 14.4 Å². The SMILES string of the molecule is O=C(Nc1cccc(NC(=O)C2CC(=O)N(Cc3cccc(C(F)(F)F)c3)C2)c1)c1ccco1. The molecule has 176 valence electrons. The van der Waals surface area contributed by atoms with Crippen molar-refractivity contribution in [2.45, 2.75) is 19.1 Å². The molecule has 2 N–H and O–H groups in total. The third-order valence-electron chi connectivity index (χ3n) is 5.35. The quantitative estimate of drug-likeness (QED) is 0.552. The van der Waals surface area contributed by atoms with Crippen LogP contribution in [0.3, 0.4) is 0 Å². The summed E-state index contributed by atoms with van der Waals surface area (Å²) in [5.41, 5.74) is 0.410. The average Bonchev–Trinajstić information content (AvgIpc) is 3.44. The molecule has 7 nitrogen and oxygen atoms in total. The maximum absolute atomic E-state index is 12.9. The fourth-order valence-corrected chi connectivity index (χ4v) is 3.69. The van der Waals surface area contributed by atoms with E-state index in [9.17, 15) is 27.6 Å². The Morgan fingerprint density at radius 3 is 2.44 bits per heavy atom. The molecule has 10 heteroatoms. The third kappa shape index (κ3) is 5.45. The molecule has 0 aliphatic carbocycles. The van der Waals surface area contributed by atoms with Gasteiger partial charge in [0, 0.05) is 30.9 Å². The molecule has 1 aliphatic rings. The van der Waals surface area contributed by atoms with Gasteiger partial charge in [0.05, 0.1) is 17.7 Å². The van der Waals surface area contributed by atoms with E-state index in [-0.39, 0.29) is 31.2 Å². The molecule has 0 saturated carbocycles. The first-order valence-corrected chi connectivity index (χ1v) is 10.4. The summed E-state index contributed by atoms with van der Waals surface area (Å²) in [7, 11) is 0. The van der Waals surface area contributed by atoms with E-state index < -0.39 is 29.5 Å². The van der Waals surface area contributed by atoms with Gasteiger partial charge in [-0.1, -0.05) is 18.2 Å². The van der Waals surface area contributed by atoms with Gasteiger partial charge in [0.25, 0.3) is 5.91 Å². The lowest BCUT2D eigenvalue weighted by atomic mass is 10.1. The number of likely N-dealkylation sites (tertiary alicyclic amines) is 1. The second kappa shape index (κ2) is 9.42. The molecule has 0 spiro atoms. The number of nitrogens with zero attached hydrogens (tertiary/aromatic N) is 1. The largest absolute Gasteiger partial charge is 0.459 e. The monoisotopic (exact) mass is 471 g/mol.